The Morgan fingerprint density at radius 2 is 1.00 bits per heavy atom. The summed E-state index contributed by atoms with van der Waals surface area (Å²) in [5.74, 6) is 0. The summed E-state index contributed by atoms with van der Waals surface area (Å²) in [5.41, 5.74) is 3.42. The molecule has 0 spiro atoms. The molecule has 34 heavy (non-hydrogen) atoms. The monoisotopic (exact) mass is 526 g/mol. The topological polar surface area (TPSA) is 18.5 Å². The summed E-state index contributed by atoms with van der Waals surface area (Å²) in [6.45, 7) is 14.6. The average Bonchev–Trinajstić information content (AvgIpc) is 3.34. The number of unbranched alkanes of at least 4 members (excludes halogenated alkanes) is 6. The molecular weight excluding hydrogens is 476 g/mol. The number of halogens is 1. The zero-order chi connectivity index (χ0) is 24.2. The van der Waals surface area contributed by atoms with Gasteiger partial charge in [0.05, 0.1) is 0 Å². The van der Waals surface area contributed by atoms with Gasteiger partial charge in [0.25, 0.3) is 0 Å². The molecule has 0 bridgehead atoms. The molecule has 2 aliphatic rings. The van der Waals surface area contributed by atoms with Crippen LogP contribution in [0.25, 0.3) is 0 Å². The molecule has 0 fully saturated rings. The molecule has 0 saturated carbocycles. The van der Waals surface area contributed by atoms with Gasteiger partial charge in [0.1, 0.15) is 0 Å². The molecule has 0 aliphatic heterocycles. The van der Waals surface area contributed by atoms with Crippen molar-refractivity contribution in [1.29, 1.82) is 0 Å². The van der Waals surface area contributed by atoms with Gasteiger partial charge in [-0.25, -0.2) is 0 Å². The smallest absolute Gasteiger partial charge is 0.147 e. The van der Waals surface area contributed by atoms with E-state index in [1.54, 1.807) is 11.1 Å². The molecule has 0 aromatic heterocycles. The Morgan fingerprint density at radius 1 is 0.618 bits per heavy atom. The predicted octanol–water partition coefficient (Wildman–Crippen LogP) is 9.59. The summed E-state index contributed by atoms with van der Waals surface area (Å²) in [6, 6.07) is 0. The van der Waals surface area contributed by atoms with Crippen LogP contribution in [0.3, 0.4) is 0 Å². The van der Waals surface area contributed by atoms with Crippen molar-refractivity contribution in [3.8, 4) is 0 Å². The van der Waals surface area contributed by atoms with Crippen LogP contribution in [-0.2, 0) is 28.6 Å². The van der Waals surface area contributed by atoms with Gasteiger partial charge in [0.2, 0.25) is 0 Å². The van der Waals surface area contributed by atoms with Crippen molar-refractivity contribution >= 4 is 12.4 Å². The van der Waals surface area contributed by atoms with Gasteiger partial charge in [-0.15, -0.1) is 12.4 Å². The molecule has 0 N–H and O–H groups in total. The van der Waals surface area contributed by atoms with E-state index < -0.39 is 0 Å². The Bertz CT molecular complexity index is 621. The van der Waals surface area contributed by atoms with Crippen LogP contribution in [0, 0.1) is 0 Å². The van der Waals surface area contributed by atoms with Crippen molar-refractivity contribution in [2.45, 2.75) is 125 Å². The first-order chi connectivity index (χ1) is 15.6. The van der Waals surface area contributed by atoms with Gasteiger partial charge in [-0.3, -0.25) is 0 Å². The Labute approximate surface area is 226 Å². The minimum absolute atomic E-state index is 0. The van der Waals surface area contributed by atoms with Crippen LogP contribution in [0.1, 0.15) is 106 Å². The average molecular weight is 527 g/mol. The minimum atomic E-state index is -0.0615. The molecule has 2 unspecified atom stereocenters. The quantitative estimate of drug-likeness (QED) is 0.147. The van der Waals surface area contributed by atoms with Gasteiger partial charge in [-0.05, 0) is 0 Å². The van der Waals surface area contributed by atoms with Crippen molar-refractivity contribution in [2.75, 3.05) is 13.2 Å². The third kappa shape index (κ3) is 14.4. The summed E-state index contributed by atoms with van der Waals surface area (Å²) in [5, 5.41) is 0. The van der Waals surface area contributed by atoms with E-state index >= 15 is 0 Å². The number of ether oxygens (including phenoxy) is 2. The molecular formula is C30H51ClO2Ti. The van der Waals surface area contributed by atoms with Crippen LogP contribution >= 0.6 is 12.4 Å². The zero-order valence-electron chi connectivity index (χ0n) is 22.8. The maximum absolute atomic E-state index is 5.84. The standard InChI is InChI=1S/2C15H25O.ClH.Ti/c2*1-15(2,3)16-13-9-5-4-6-10-14-11-7-8-12-14;;/h2*7-8,11-12H,4-6,9-10,13H2,1-3H3;1H;. The Hall–Kier alpha value is -0.116. The third-order valence-electron chi connectivity index (χ3n) is 6.18. The molecule has 2 nitrogen and oxygen atoms in total. The molecule has 0 amide bonds. The molecule has 0 aromatic carbocycles. The maximum Gasteiger partial charge on any atom is -0.147 e. The summed E-state index contributed by atoms with van der Waals surface area (Å²) in [4.78, 5) is 0. The second-order valence-electron chi connectivity index (χ2n) is 11.6. The molecule has 194 valence electrons. The molecule has 2 aliphatic carbocycles. The second-order valence-corrected chi connectivity index (χ2v) is 14.1. The largest absolute Gasteiger partial charge is 0.147 e. The van der Waals surface area contributed by atoms with Crippen molar-refractivity contribution < 1.29 is 28.6 Å². The third-order valence-corrected chi connectivity index (χ3v) is 9.06. The molecule has 2 rings (SSSR count). The SMILES string of the molecule is CC(C)(C)OCCCCCCC1=CC=C[CH]1[Ti][CH]1C=CC=C1CCCCCCOC(C)(C)C.Cl. The van der Waals surface area contributed by atoms with E-state index in [1.165, 1.54) is 64.2 Å². The summed E-state index contributed by atoms with van der Waals surface area (Å²) in [6.07, 6.45) is 27.3. The van der Waals surface area contributed by atoms with Crippen LogP contribution in [0.5, 0.6) is 0 Å². The van der Waals surface area contributed by atoms with Crippen LogP contribution in [0.4, 0.5) is 0 Å². The van der Waals surface area contributed by atoms with Crippen LogP contribution < -0.4 is 0 Å². The number of hydrogen-bond acceptors (Lipinski definition) is 2. The molecule has 0 heterocycles. The van der Waals surface area contributed by atoms with Crippen molar-refractivity contribution in [3.05, 3.63) is 47.6 Å². The first-order valence-corrected chi connectivity index (χ1v) is 15.2. The fourth-order valence-corrected chi connectivity index (χ4v) is 7.08. The van der Waals surface area contributed by atoms with Crippen molar-refractivity contribution in [1.82, 2.24) is 0 Å². The number of hydrogen-bond donors (Lipinski definition) is 0. The van der Waals surface area contributed by atoms with Gasteiger partial charge < -0.3 is 0 Å². The maximum atomic E-state index is 5.84. The fraction of sp³-hybridized carbons (Fsp3) is 0.733. The first-order valence-electron chi connectivity index (χ1n) is 13.4. The minimum Gasteiger partial charge on any atom is -0.147 e. The molecule has 0 radical (unpaired) electrons. The summed E-state index contributed by atoms with van der Waals surface area (Å²) < 4.78 is 13.2. The van der Waals surface area contributed by atoms with E-state index in [0.717, 1.165) is 21.7 Å². The summed E-state index contributed by atoms with van der Waals surface area (Å²) >= 11 is -0.0615. The zero-order valence-corrected chi connectivity index (χ0v) is 25.2. The fourth-order valence-electron chi connectivity index (χ4n) is 4.36. The number of allylic oxidation sites excluding steroid dienone is 8. The van der Waals surface area contributed by atoms with E-state index in [0.29, 0.717) is 0 Å². The summed E-state index contributed by atoms with van der Waals surface area (Å²) in [7, 11) is 0. The van der Waals surface area contributed by atoms with Gasteiger partial charge >= 0.3 is 215 Å². The second kappa shape index (κ2) is 16.6. The Morgan fingerprint density at radius 3 is 1.38 bits per heavy atom. The van der Waals surface area contributed by atoms with E-state index in [2.05, 4.69) is 78.0 Å². The van der Waals surface area contributed by atoms with Crippen molar-refractivity contribution in [2.24, 2.45) is 0 Å². The van der Waals surface area contributed by atoms with Gasteiger partial charge in [0.15, 0.2) is 0 Å². The van der Waals surface area contributed by atoms with Crippen molar-refractivity contribution in [3.63, 3.8) is 0 Å². The molecule has 0 saturated heterocycles. The van der Waals surface area contributed by atoms with Gasteiger partial charge in [-0.2, -0.15) is 0 Å². The van der Waals surface area contributed by atoms with E-state index in [4.69, 9.17) is 9.47 Å². The van der Waals surface area contributed by atoms with E-state index in [9.17, 15) is 0 Å². The molecule has 0 aromatic rings. The van der Waals surface area contributed by atoms with Crippen LogP contribution in [0.2, 0.25) is 8.45 Å². The van der Waals surface area contributed by atoms with Gasteiger partial charge in [0, 0.05) is 0 Å². The Kier molecular flexibility index (Phi) is 15.6. The molecule has 4 heteroatoms. The predicted molar refractivity (Wildman–Crippen MR) is 147 cm³/mol. The molecule has 2 atom stereocenters. The van der Waals surface area contributed by atoms with Crippen LogP contribution in [0.15, 0.2) is 47.6 Å². The normalized spacial score (nSPS) is 19.8. The van der Waals surface area contributed by atoms with Crippen LogP contribution in [-0.4, -0.2) is 24.4 Å². The van der Waals surface area contributed by atoms with E-state index in [-0.39, 0.29) is 42.8 Å². The first kappa shape index (κ1) is 31.9. The van der Waals surface area contributed by atoms with E-state index in [1.807, 2.05) is 0 Å². The van der Waals surface area contributed by atoms with Gasteiger partial charge in [-0.1, -0.05) is 0 Å². The Balaban J connectivity index is 0.00000578. The number of rotatable bonds is 16.